The zero-order chi connectivity index (χ0) is 19.8. The molecule has 0 atom stereocenters. The molecule has 1 fully saturated rings. The maximum atomic E-state index is 11.8. The first-order chi connectivity index (χ1) is 13.7. The number of aromatic nitrogens is 2. The lowest BCUT2D eigenvalue weighted by Crippen LogP contribution is -2.42. The molecule has 8 heteroatoms. The zero-order valence-corrected chi connectivity index (χ0v) is 16.4. The number of rotatable bonds is 7. The average molecular weight is 385 g/mol. The van der Waals surface area contributed by atoms with Crippen molar-refractivity contribution in [3.05, 3.63) is 36.7 Å². The van der Waals surface area contributed by atoms with Crippen molar-refractivity contribution in [3.63, 3.8) is 0 Å². The van der Waals surface area contributed by atoms with Crippen LogP contribution in [-0.2, 0) is 4.74 Å². The Morgan fingerprint density at radius 1 is 1.14 bits per heavy atom. The normalized spacial score (nSPS) is 14.4. The van der Waals surface area contributed by atoms with Crippen LogP contribution in [0.2, 0.25) is 0 Å². The molecule has 0 aliphatic carbocycles. The van der Waals surface area contributed by atoms with Gasteiger partial charge in [-0.3, -0.25) is 0 Å². The number of anilines is 3. The number of hydrogen-bond donors (Lipinski definition) is 2. The number of nitrogens with zero attached hydrogens (tertiary/aromatic N) is 3. The van der Waals surface area contributed by atoms with Gasteiger partial charge in [-0.05, 0) is 38.8 Å². The van der Waals surface area contributed by atoms with Crippen molar-refractivity contribution >= 4 is 23.4 Å². The Bertz CT molecular complexity index is 778. The summed E-state index contributed by atoms with van der Waals surface area (Å²) in [7, 11) is 0. The SMILES string of the molecule is CCOC(=O)N1CCC(Nc2cc(Nc3ccccc3OCC)ncn2)CC1. The van der Waals surface area contributed by atoms with Gasteiger partial charge in [0.2, 0.25) is 0 Å². The molecule has 1 aromatic carbocycles. The summed E-state index contributed by atoms with van der Waals surface area (Å²) < 4.78 is 10.7. The van der Waals surface area contributed by atoms with E-state index in [1.54, 1.807) is 4.90 Å². The highest BCUT2D eigenvalue weighted by Crippen LogP contribution is 2.27. The van der Waals surface area contributed by atoms with Gasteiger partial charge in [0.05, 0.1) is 18.9 Å². The summed E-state index contributed by atoms with van der Waals surface area (Å²) in [5, 5.41) is 6.72. The molecule has 0 saturated carbocycles. The zero-order valence-electron chi connectivity index (χ0n) is 16.4. The highest BCUT2D eigenvalue weighted by Gasteiger charge is 2.23. The summed E-state index contributed by atoms with van der Waals surface area (Å²) >= 11 is 0. The lowest BCUT2D eigenvalue weighted by molar-refractivity contribution is 0.0983. The van der Waals surface area contributed by atoms with Crippen LogP contribution in [-0.4, -0.2) is 53.3 Å². The summed E-state index contributed by atoms with van der Waals surface area (Å²) in [5.41, 5.74) is 0.858. The summed E-state index contributed by atoms with van der Waals surface area (Å²) in [4.78, 5) is 22.2. The maximum Gasteiger partial charge on any atom is 0.409 e. The number of carbonyl (C=O) groups is 1. The first-order valence-corrected chi connectivity index (χ1v) is 9.68. The van der Waals surface area contributed by atoms with Gasteiger partial charge < -0.3 is 25.0 Å². The van der Waals surface area contributed by atoms with Gasteiger partial charge in [0, 0.05) is 25.2 Å². The molecule has 2 heterocycles. The van der Waals surface area contributed by atoms with Gasteiger partial charge in [-0.1, -0.05) is 12.1 Å². The number of nitrogens with one attached hydrogen (secondary N) is 2. The van der Waals surface area contributed by atoms with Gasteiger partial charge in [-0.15, -0.1) is 0 Å². The predicted molar refractivity (Wildman–Crippen MR) is 108 cm³/mol. The molecule has 1 aliphatic heterocycles. The molecule has 1 aromatic heterocycles. The largest absolute Gasteiger partial charge is 0.492 e. The molecule has 0 spiro atoms. The summed E-state index contributed by atoms with van der Waals surface area (Å²) in [6.07, 6.45) is 2.99. The van der Waals surface area contributed by atoms with E-state index in [4.69, 9.17) is 9.47 Å². The van der Waals surface area contributed by atoms with E-state index >= 15 is 0 Å². The van der Waals surface area contributed by atoms with E-state index < -0.39 is 0 Å². The van der Waals surface area contributed by atoms with E-state index in [1.807, 2.05) is 44.2 Å². The Morgan fingerprint density at radius 2 is 1.89 bits per heavy atom. The molecular weight excluding hydrogens is 358 g/mol. The second-order valence-electron chi connectivity index (χ2n) is 6.45. The van der Waals surface area contributed by atoms with Crippen molar-refractivity contribution in [1.29, 1.82) is 0 Å². The Morgan fingerprint density at radius 3 is 2.64 bits per heavy atom. The van der Waals surface area contributed by atoms with Gasteiger partial charge in [-0.25, -0.2) is 14.8 Å². The Labute approximate surface area is 165 Å². The van der Waals surface area contributed by atoms with E-state index in [0.29, 0.717) is 32.1 Å². The average Bonchev–Trinajstić information content (AvgIpc) is 2.71. The van der Waals surface area contributed by atoms with Crippen molar-refractivity contribution in [2.24, 2.45) is 0 Å². The van der Waals surface area contributed by atoms with Gasteiger partial charge in [-0.2, -0.15) is 0 Å². The highest BCUT2D eigenvalue weighted by atomic mass is 16.6. The molecule has 28 heavy (non-hydrogen) atoms. The Balaban J connectivity index is 1.58. The van der Waals surface area contributed by atoms with Crippen LogP contribution in [0.1, 0.15) is 26.7 Å². The van der Waals surface area contributed by atoms with E-state index in [-0.39, 0.29) is 12.1 Å². The van der Waals surface area contributed by atoms with Crippen LogP contribution < -0.4 is 15.4 Å². The summed E-state index contributed by atoms with van der Waals surface area (Å²) in [6, 6.07) is 9.88. The molecule has 1 aliphatic rings. The minimum absolute atomic E-state index is 0.234. The number of piperidine rings is 1. The van der Waals surface area contributed by atoms with Crippen molar-refractivity contribution < 1.29 is 14.3 Å². The number of likely N-dealkylation sites (tertiary alicyclic amines) is 1. The van der Waals surface area contributed by atoms with Crippen LogP contribution in [0.25, 0.3) is 0 Å². The molecule has 1 amide bonds. The minimum Gasteiger partial charge on any atom is -0.492 e. The van der Waals surface area contributed by atoms with Crippen LogP contribution in [0.15, 0.2) is 36.7 Å². The molecule has 150 valence electrons. The first-order valence-electron chi connectivity index (χ1n) is 9.68. The second-order valence-corrected chi connectivity index (χ2v) is 6.45. The second kappa shape index (κ2) is 9.77. The van der Waals surface area contributed by atoms with E-state index in [2.05, 4.69) is 20.6 Å². The number of carbonyl (C=O) groups excluding carboxylic acids is 1. The van der Waals surface area contributed by atoms with Crippen LogP contribution >= 0.6 is 0 Å². The van der Waals surface area contributed by atoms with Crippen LogP contribution in [0.4, 0.5) is 22.1 Å². The topological polar surface area (TPSA) is 88.6 Å². The molecule has 2 N–H and O–H groups in total. The number of amides is 1. The first kappa shape index (κ1) is 19.7. The fraction of sp³-hybridized carbons (Fsp3) is 0.450. The predicted octanol–water partition coefficient (Wildman–Crippen LogP) is 3.65. The van der Waals surface area contributed by atoms with E-state index in [1.165, 1.54) is 6.33 Å². The number of hydrogen-bond acceptors (Lipinski definition) is 7. The fourth-order valence-electron chi connectivity index (χ4n) is 3.12. The molecule has 8 nitrogen and oxygen atoms in total. The lowest BCUT2D eigenvalue weighted by atomic mass is 10.1. The van der Waals surface area contributed by atoms with Crippen molar-refractivity contribution in [1.82, 2.24) is 14.9 Å². The molecule has 3 rings (SSSR count). The van der Waals surface area contributed by atoms with Crippen molar-refractivity contribution in [3.8, 4) is 5.75 Å². The van der Waals surface area contributed by atoms with Gasteiger partial charge in [0.15, 0.2) is 0 Å². The molecular formula is C20H27N5O3. The van der Waals surface area contributed by atoms with Crippen molar-refractivity contribution in [2.75, 3.05) is 36.9 Å². The van der Waals surface area contributed by atoms with Gasteiger partial charge >= 0.3 is 6.09 Å². The van der Waals surface area contributed by atoms with Crippen LogP contribution in [0.3, 0.4) is 0 Å². The summed E-state index contributed by atoms with van der Waals surface area (Å²) in [6.45, 7) is 6.12. The molecule has 0 radical (unpaired) electrons. The van der Waals surface area contributed by atoms with Crippen LogP contribution in [0.5, 0.6) is 5.75 Å². The van der Waals surface area contributed by atoms with E-state index in [0.717, 1.165) is 30.1 Å². The lowest BCUT2D eigenvalue weighted by Gasteiger charge is -2.31. The number of para-hydroxylation sites is 2. The maximum absolute atomic E-state index is 11.8. The standard InChI is InChI=1S/C20H27N5O3/c1-3-27-17-8-6-5-7-16(17)24-19-13-18(21-14-22-19)23-15-9-11-25(12-10-15)20(26)28-4-2/h5-8,13-15H,3-4,9-12H2,1-2H3,(H2,21,22,23,24). The highest BCUT2D eigenvalue weighted by molar-refractivity contribution is 5.68. The molecule has 2 aromatic rings. The molecule has 0 unspecified atom stereocenters. The number of benzene rings is 1. The Kier molecular flexibility index (Phi) is 6.89. The smallest absolute Gasteiger partial charge is 0.409 e. The van der Waals surface area contributed by atoms with Gasteiger partial charge in [0.25, 0.3) is 0 Å². The Hall–Kier alpha value is -3.03. The van der Waals surface area contributed by atoms with Crippen LogP contribution in [0, 0.1) is 0 Å². The third-order valence-electron chi connectivity index (χ3n) is 4.49. The monoisotopic (exact) mass is 385 g/mol. The van der Waals surface area contributed by atoms with Crippen molar-refractivity contribution in [2.45, 2.75) is 32.7 Å². The number of ether oxygens (including phenoxy) is 2. The van der Waals surface area contributed by atoms with Gasteiger partial charge in [0.1, 0.15) is 23.7 Å². The third kappa shape index (κ3) is 5.25. The fourth-order valence-corrected chi connectivity index (χ4v) is 3.12. The molecule has 1 saturated heterocycles. The third-order valence-corrected chi connectivity index (χ3v) is 4.49. The minimum atomic E-state index is -0.234. The van der Waals surface area contributed by atoms with E-state index in [9.17, 15) is 4.79 Å². The summed E-state index contributed by atoms with van der Waals surface area (Å²) in [5.74, 6) is 2.22. The quantitative estimate of drug-likeness (QED) is 0.752. The molecule has 0 bridgehead atoms.